The van der Waals surface area contributed by atoms with Gasteiger partial charge in [-0.1, -0.05) is 82.6 Å². The summed E-state index contributed by atoms with van der Waals surface area (Å²) in [5, 5.41) is 27.8. The molecule has 0 bridgehead atoms. The van der Waals surface area contributed by atoms with E-state index in [1.165, 1.54) is 63.2 Å². The van der Waals surface area contributed by atoms with Crippen LogP contribution in [0.25, 0.3) is 0 Å². The molecule has 0 aliphatic carbocycles. The van der Waals surface area contributed by atoms with Gasteiger partial charge in [-0.3, -0.25) is 0 Å². The lowest BCUT2D eigenvalue weighted by Gasteiger charge is -2.03. The predicted molar refractivity (Wildman–Crippen MR) is 99.2 cm³/mol. The number of carboxylic acid groups (broad SMARTS) is 1. The van der Waals surface area contributed by atoms with Crippen molar-refractivity contribution in [3.63, 3.8) is 0 Å². The van der Waals surface area contributed by atoms with Crippen LogP contribution in [0.1, 0.15) is 71.1 Å². The van der Waals surface area contributed by atoms with Crippen molar-refractivity contribution in [2.45, 2.75) is 71.1 Å². The minimum atomic E-state index is -1.01. The Balaban J connectivity index is 3.81. The Hall–Kier alpha value is -1.97. The molecule has 0 aliphatic heterocycles. The maximum absolute atomic E-state index is 10.2. The largest absolute Gasteiger partial charge is 0.508 e. The van der Waals surface area contributed by atoms with Crippen LogP contribution in [-0.4, -0.2) is 21.3 Å². The first kappa shape index (κ1) is 22.0. The fourth-order valence-corrected chi connectivity index (χ4v) is 2.24. The van der Waals surface area contributed by atoms with Crippen LogP contribution in [-0.2, 0) is 4.79 Å². The van der Waals surface area contributed by atoms with Gasteiger partial charge >= 0.3 is 5.97 Å². The molecular formula is C20H32O4. The zero-order valence-corrected chi connectivity index (χ0v) is 14.8. The molecule has 3 N–H and O–H groups in total. The third-order valence-electron chi connectivity index (χ3n) is 3.64. The number of aliphatic carboxylic acids is 1. The third kappa shape index (κ3) is 14.9. The van der Waals surface area contributed by atoms with Gasteiger partial charge in [-0.2, -0.15) is 0 Å². The van der Waals surface area contributed by atoms with Crippen molar-refractivity contribution < 1.29 is 20.1 Å². The summed E-state index contributed by atoms with van der Waals surface area (Å²) < 4.78 is 0. The average molecular weight is 336 g/mol. The molecule has 0 fully saturated rings. The lowest BCUT2D eigenvalue weighted by atomic mass is 10.1. The number of carboxylic acids is 1. The van der Waals surface area contributed by atoms with Gasteiger partial charge in [-0.05, 0) is 12.5 Å². The van der Waals surface area contributed by atoms with Crippen molar-refractivity contribution in [3.05, 3.63) is 48.0 Å². The molecule has 24 heavy (non-hydrogen) atoms. The molecule has 0 saturated heterocycles. The van der Waals surface area contributed by atoms with Crippen LogP contribution < -0.4 is 0 Å². The van der Waals surface area contributed by atoms with E-state index in [0.29, 0.717) is 6.42 Å². The fraction of sp³-hybridized carbons (Fsp3) is 0.550. The maximum Gasteiger partial charge on any atom is 0.328 e. The summed E-state index contributed by atoms with van der Waals surface area (Å²) in [6.45, 7) is 2.22. The Bertz CT molecular complexity index is 445. The van der Waals surface area contributed by atoms with Crippen molar-refractivity contribution in [1.82, 2.24) is 0 Å². The zero-order valence-electron chi connectivity index (χ0n) is 14.8. The molecule has 0 saturated carbocycles. The molecule has 0 spiro atoms. The van der Waals surface area contributed by atoms with Gasteiger partial charge in [0.15, 0.2) is 5.76 Å². The number of hydrogen-bond donors (Lipinski definition) is 3. The first-order valence-corrected chi connectivity index (χ1v) is 8.93. The number of hydrogen-bond acceptors (Lipinski definition) is 3. The number of unbranched alkanes of at least 4 members (excludes halogenated alkanes) is 8. The monoisotopic (exact) mass is 336 g/mol. The highest BCUT2D eigenvalue weighted by atomic mass is 16.4. The van der Waals surface area contributed by atoms with Crippen molar-refractivity contribution in [3.8, 4) is 0 Å². The molecule has 0 atom stereocenters. The second kappa shape index (κ2) is 15.9. The van der Waals surface area contributed by atoms with E-state index in [1.54, 1.807) is 12.2 Å². The molecule has 4 heteroatoms. The zero-order chi connectivity index (χ0) is 18.0. The van der Waals surface area contributed by atoms with Crippen LogP contribution in [0.15, 0.2) is 48.0 Å². The lowest BCUT2D eigenvalue weighted by Crippen LogP contribution is -1.89. The van der Waals surface area contributed by atoms with E-state index in [-0.39, 0.29) is 11.5 Å². The van der Waals surface area contributed by atoms with Gasteiger partial charge in [0.2, 0.25) is 0 Å². The van der Waals surface area contributed by atoms with Gasteiger partial charge in [0.05, 0.1) is 0 Å². The molecule has 0 radical (unpaired) electrons. The van der Waals surface area contributed by atoms with Crippen molar-refractivity contribution in [1.29, 1.82) is 0 Å². The van der Waals surface area contributed by atoms with Gasteiger partial charge in [0.25, 0.3) is 0 Å². The minimum absolute atomic E-state index is 0.00340. The van der Waals surface area contributed by atoms with E-state index in [0.717, 1.165) is 18.9 Å². The van der Waals surface area contributed by atoms with Crippen LogP contribution >= 0.6 is 0 Å². The van der Waals surface area contributed by atoms with Gasteiger partial charge in [0, 0.05) is 12.5 Å². The number of allylic oxidation sites excluding steroid dienone is 6. The van der Waals surface area contributed by atoms with Crippen molar-refractivity contribution in [2.75, 3.05) is 0 Å². The van der Waals surface area contributed by atoms with E-state index < -0.39 is 5.97 Å². The first-order chi connectivity index (χ1) is 11.6. The summed E-state index contributed by atoms with van der Waals surface area (Å²) in [5.74, 6) is -1.14. The Morgan fingerprint density at radius 1 is 0.708 bits per heavy atom. The van der Waals surface area contributed by atoms with Crippen LogP contribution in [0.3, 0.4) is 0 Å². The summed E-state index contributed by atoms with van der Waals surface area (Å²) in [4.78, 5) is 10.2. The third-order valence-corrected chi connectivity index (χ3v) is 3.64. The Kier molecular flexibility index (Phi) is 14.6. The summed E-state index contributed by atoms with van der Waals surface area (Å²) >= 11 is 0. The Morgan fingerprint density at radius 2 is 1.21 bits per heavy atom. The van der Waals surface area contributed by atoms with E-state index in [1.807, 2.05) is 0 Å². The smallest absolute Gasteiger partial charge is 0.328 e. The quantitative estimate of drug-likeness (QED) is 0.158. The molecular weight excluding hydrogens is 304 g/mol. The van der Waals surface area contributed by atoms with Crippen molar-refractivity contribution in [2.24, 2.45) is 0 Å². The predicted octanol–water partition coefficient (Wildman–Crippen LogP) is 5.99. The Labute approximate surface area is 145 Å². The molecule has 0 aromatic heterocycles. The molecule has 0 amide bonds. The SMILES string of the molecule is CCCCCCCCCCCC(O)=C(O)C=CC=CC=CC(=O)O. The lowest BCUT2D eigenvalue weighted by molar-refractivity contribution is -0.131. The molecule has 0 aromatic carbocycles. The van der Waals surface area contributed by atoms with Crippen molar-refractivity contribution >= 4 is 5.97 Å². The van der Waals surface area contributed by atoms with Gasteiger partial charge in [-0.15, -0.1) is 0 Å². The summed E-state index contributed by atoms with van der Waals surface area (Å²) in [6, 6.07) is 0. The number of rotatable bonds is 14. The van der Waals surface area contributed by atoms with Crippen LogP contribution in [0.4, 0.5) is 0 Å². The van der Waals surface area contributed by atoms with Crippen LogP contribution in [0, 0.1) is 0 Å². The second-order valence-electron chi connectivity index (χ2n) is 5.85. The highest BCUT2D eigenvalue weighted by Crippen LogP contribution is 2.14. The summed E-state index contributed by atoms with van der Waals surface area (Å²) in [5.41, 5.74) is 0. The van der Waals surface area contributed by atoms with Crippen LogP contribution in [0.5, 0.6) is 0 Å². The molecule has 0 aromatic rings. The normalized spacial score (nSPS) is 13.2. The minimum Gasteiger partial charge on any atom is -0.508 e. The molecule has 4 nitrogen and oxygen atoms in total. The number of aliphatic hydroxyl groups excluding tert-OH is 2. The summed E-state index contributed by atoms with van der Waals surface area (Å²) in [7, 11) is 0. The second-order valence-corrected chi connectivity index (χ2v) is 5.85. The highest BCUT2D eigenvalue weighted by Gasteiger charge is 2.00. The van der Waals surface area contributed by atoms with E-state index in [4.69, 9.17) is 5.11 Å². The topological polar surface area (TPSA) is 77.8 Å². The Morgan fingerprint density at radius 3 is 1.75 bits per heavy atom. The van der Waals surface area contributed by atoms with Gasteiger partial charge in [-0.25, -0.2) is 4.79 Å². The van der Waals surface area contributed by atoms with Gasteiger partial charge < -0.3 is 15.3 Å². The molecule has 0 rings (SSSR count). The van der Waals surface area contributed by atoms with Crippen LogP contribution in [0.2, 0.25) is 0 Å². The van der Waals surface area contributed by atoms with E-state index >= 15 is 0 Å². The standard InChI is InChI=1S/C20H32O4/c1-2-3-4-5-6-7-8-9-12-15-18(21)19(22)16-13-10-11-14-17-20(23)24/h10-11,13-14,16-17,21-22H,2-9,12,15H2,1H3,(H,23,24). The average Bonchev–Trinajstić information content (AvgIpc) is 2.55. The van der Waals surface area contributed by atoms with Gasteiger partial charge in [0.1, 0.15) is 5.76 Å². The molecule has 136 valence electrons. The number of carbonyl (C=O) groups is 1. The maximum atomic E-state index is 10.2. The molecule has 0 heterocycles. The number of aliphatic hydroxyl groups is 2. The summed E-state index contributed by atoms with van der Waals surface area (Å²) in [6.07, 6.45) is 19.9. The van der Waals surface area contributed by atoms with E-state index in [9.17, 15) is 15.0 Å². The highest BCUT2D eigenvalue weighted by molar-refractivity contribution is 5.80. The molecule has 0 unspecified atom stereocenters. The van der Waals surface area contributed by atoms with E-state index in [2.05, 4.69) is 6.92 Å². The molecule has 0 aliphatic rings. The first-order valence-electron chi connectivity index (χ1n) is 8.93. The fourth-order valence-electron chi connectivity index (χ4n) is 2.24.